The summed E-state index contributed by atoms with van der Waals surface area (Å²) < 4.78 is 23.7. The molecule has 0 aromatic heterocycles. The number of nitrogens with zero attached hydrogens (tertiary/aromatic N) is 3. The molecule has 3 rings (SSSR count). The summed E-state index contributed by atoms with van der Waals surface area (Å²) in [6, 6.07) is 13.5. The molecular weight excluding hydrogens is 411 g/mol. The topological polar surface area (TPSA) is 77.8 Å². The van der Waals surface area contributed by atoms with Crippen molar-refractivity contribution >= 4 is 11.6 Å². The highest BCUT2D eigenvalue weighted by molar-refractivity contribution is 5.97. The van der Waals surface area contributed by atoms with E-state index in [4.69, 9.17) is 9.47 Å². The molecule has 1 aliphatic heterocycles. The van der Waals surface area contributed by atoms with Gasteiger partial charge in [-0.3, -0.25) is 4.79 Å². The number of nitrogens with one attached hydrogen (secondary N) is 1. The van der Waals surface area contributed by atoms with Crippen molar-refractivity contribution in [2.75, 3.05) is 45.3 Å². The average Bonchev–Trinajstić information content (AvgIpc) is 2.82. The summed E-state index contributed by atoms with van der Waals surface area (Å²) in [6.45, 7) is 4.58. The van der Waals surface area contributed by atoms with Crippen LogP contribution in [0, 0.1) is 17.1 Å². The van der Waals surface area contributed by atoms with E-state index in [1.165, 1.54) is 12.1 Å². The van der Waals surface area contributed by atoms with Crippen LogP contribution >= 0.6 is 0 Å². The minimum atomic E-state index is -0.434. The van der Waals surface area contributed by atoms with Crippen LogP contribution in [0.15, 0.2) is 54.2 Å². The molecule has 1 aliphatic rings. The van der Waals surface area contributed by atoms with Gasteiger partial charge in [-0.2, -0.15) is 5.26 Å². The minimum absolute atomic E-state index is 0.0487. The van der Waals surface area contributed by atoms with Crippen LogP contribution in [0.2, 0.25) is 0 Å². The maximum absolute atomic E-state index is 13.1. The van der Waals surface area contributed by atoms with Crippen LogP contribution in [0.25, 0.3) is 0 Å². The number of hydrogen-bond acceptors (Lipinski definition) is 6. The normalized spacial score (nSPS) is 15.0. The Morgan fingerprint density at radius 1 is 1.09 bits per heavy atom. The number of hydrogen-bond donors (Lipinski definition) is 1. The van der Waals surface area contributed by atoms with Crippen LogP contribution < -0.4 is 19.7 Å². The minimum Gasteiger partial charge on any atom is -0.493 e. The van der Waals surface area contributed by atoms with E-state index < -0.39 is 5.91 Å². The molecule has 8 heteroatoms. The number of benzene rings is 2. The van der Waals surface area contributed by atoms with Gasteiger partial charge < -0.3 is 24.6 Å². The summed E-state index contributed by atoms with van der Waals surface area (Å²) in [4.78, 5) is 16.8. The van der Waals surface area contributed by atoms with Crippen LogP contribution in [0.4, 0.5) is 10.1 Å². The first-order valence-corrected chi connectivity index (χ1v) is 10.3. The first kappa shape index (κ1) is 22.9. The van der Waals surface area contributed by atoms with Gasteiger partial charge in [-0.1, -0.05) is 6.07 Å². The van der Waals surface area contributed by atoms with E-state index in [2.05, 4.69) is 10.2 Å². The Kier molecular flexibility index (Phi) is 7.55. The van der Waals surface area contributed by atoms with Crippen molar-refractivity contribution in [3.8, 4) is 17.6 Å². The maximum atomic E-state index is 13.1. The van der Waals surface area contributed by atoms with Crippen molar-refractivity contribution in [3.05, 3.63) is 65.6 Å². The number of anilines is 1. The zero-order valence-corrected chi connectivity index (χ0v) is 18.5. The molecule has 32 heavy (non-hydrogen) atoms. The van der Waals surface area contributed by atoms with Crippen molar-refractivity contribution in [3.63, 3.8) is 0 Å². The highest BCUT2D eigenvalue weighted by Crippen LogP contribution is 2.30. The standard InChI is InChI=1S/C24H27FN4O3/c1-17(18-4-9-22(31-2)23(14-18)32-3)27-24(30)19(15-26)16-28-10-12-29(13-11-28)21-7-5-20(25)6-8-21/h4-9,14,16-17H,10-13H2,1-3H3,(H,27,30)/b19-16-. The van der Waals surface area contributed by atoms with E-state index in [-0.39, 0.29) is 17.4 Å². The van der Waals surface area contributed by atoms with Crippen LogP contribution in [0.1, 0.15) is 18.5 Å². The Hall–Kier alpha value is -3.73. The molecule has 2 aromatic rings. The number of rotatable bonds is 7. The lowest BCUT2D eigenvalue weighted by Gasteiger charge is -2.35. The fraction of sp³-hybridized carbons (Fsp3) is 0.333. The Labute approximate surface area is 187 Å². The predicted molar refractivity (Wildman–Crippen MR) is 120 cm³/mol. The third-order valence-electron chi connectivity index (χ3n) is 5.44. The van der Waals surface area contributed by atoms with Crippen molar-refractivity contribution in [1.82, 2.24) is 10.2 Å². The number of halogens is 1. The molecule has 2 aromatic carbocycles. The van der Waals surface area contributed by atoms with Gasteiger partial charge >= 0.3 is 0 Å². The average molecular weight is 439 g/mol. The quantitative estimate of drug-likeness (QED) is 0.528. The third-order valence-corrected chi connectivity index (χ3v) is 5.44. The number of carbonyl (C=O) groups excluding carboxylic acids is 1. The zero-order chi connectivity index (χ0) is 23.1. The molecule has 1 heterocycles. The maximum Gasteiger partial charge on any atom is 0.263 e. The number of ether oxygens (including phenoxy) is 2. The number of piperazine rings is 1. The second kappa shape index (κ2) is 10.5. The number of methoxy groups -OCH3 is 2. The van der Waals surface area contributed by atoms with Crippen LogP contribution in [0.5, 0.6) is 11.5 Å². The van der Waals surface area contributed by atoms with Gasteiger partial charge in [-0.05, 0) is 48.9 Å². The van der Waals surface area contributed by atoms with E-state index in [0.717, 1.165) is 11.3 Å². The van der Waals surface area contributed by atoms with Crippen LogP contribution in [-0.4, -0.2) is 51.2 Å². The fourth-order valence-electron chi connectivity index (χ4n) is 3.56. The molecule has 0 bridgehead atoms. The molecular formula is C24H27FN4O3. The van der Waals surface area contributed by atoms with Gasteiger partial charge in [0.15, 0.2) is 11.5 Å². The van der Waals surface area contributed by atoms with E-state index in [1.54, 1.807) is 44.7 Å². The number of amides is 1. The van der Waals surface area contributed by atoms with Crippen LogP contribution in [0.3, 0.4) is 0 Å². The molecule has 1 unspecified atom stereocenters. The Morgan fingerprint density at radius 3 is 2.34 bits per heavy atom. The van der Waals surface area contributed by atoms with Gasteiger partial charge in [-0.15, -0.1) is 0 Å². The van der Waals surface area contributed by atoms with E-state index in [0.29, 0.717) is 37.7 Å². The first-order chi connectivity index (χ1) is 15.4. The summed E-state index contributed by atoms with van der Waals surface area (Å²) in [6.07, 6.45) is 1.61. The molecule has 7 nitrogen and oxygen atoms in total. The lowest BCUT2D eigenvalue weighted by molar-refractivity contribution is -0.117. The molecule has 0 saturated carbocycles. The summed E-state index contributed by atoms with van der Waals surface area (Å²) in [5, 5.41) is 12.4. The van der Waals surface area contributed by atoms with Crippen molar-refractivity contribution in [2.45, 2.75) is 13.0 Å². The Balaban J connectivity index is 1.61. The Bertz CT molecular complexity index is 1010. The number of nitriles is 1. The monoisotopic (exact) mass is 438 g/mol. The van der Waals surface area contributed by atoms with Crippen molar-refractivity contribution in [1.29, 1.82) is 5.26 Å². The molecule has 1 atom stereocenters. The van der Waals surface area contributed by atoms with Crippen molar-refractivity contribution in [2.24, 2.45) is 0 Å². The molecule has 1 saturated heterocycles. The third kappa shape index (κ3) is 5.49. The molecule has 1 amide bonds. The first-order valence-electron chi connectivity index (χ1n) is 10.3. The second-order valence-corrected chi connectivity index (χ2v) is 7.46. The molecule has 1 fully saturated rings. The molecule has 0 spiro atoms. The summed E-state index contributed by atoms with van der Waals surface area (Å²) in [5.74, 6) is 0.478. The van der Waals surface area contributed by atoms with E-state index >= 15 is 0 Å². The summed E-state index contributed by atoms with van der Waals surface area (Å²) >= 11 is 0. The molecule has 0 aliphatic carbocycles. The highest BCUT2D eigenvalue weighted by atomic mass is 19.1. The molecule has 1 N–H and O–H groups in total. The van der Waals surface area contributed by atoms with Gasteiger partial charge in [0.1, 0.15) is 17.5 Å². The highest BCUT2D eigenvalue weighted by Gasteiger charge is 2.19. The van der Waals surface area contributed by atoms with Gasteiger partial charge in [0, 0.05) is 38.1 Å². The van der Waals surface area contributed by atoms with E-state index in [1.807, 2.05) is 24.0 Å². The molecule has 0 radical (unpaired) electrons. The van der Waals surface area contributed by atoms with E-state index in [9.17, 15) is 14.4 Å². The van der Waals surface area contributed by atoms with Gasteiger partial charge in [0.05, 0.1) is 20.3 Å². The summed E-state index contributed by atoms with van der Waals surface area (Å²) in [5.41, 5.74) is 1.84. The zero-order valence-electron chi connectivity index (χ0n) is 18.5. The van der Waals surface area contributed by atoms with Gasteiger partial charge in [-0.25, -0.2) is 4.39 Å². The largest absolute Gasteiger partial charge is 0.493 e. The SMILES string of the molecule is COc1ccc(C(C)NC(=O)/C(C#N)=C\N2CCN(c3ccc(F)cc3)CC2)cc1OC. The number of carbonyl (C=O) groups is 1. The van der Waals surface area contributed by atoms with Crippen LogP contribution in [-0.2, 0) is 4.79 Å². The second-order valence-electron chi connectivity index (χ2n) is 7.46. The van der Waals surface area contributed by atoms with Gasteiger partial charge in [0.25, 0.3) is 5.91 Å². The Morgan fingerprint density at radius 2 is 1.75 bits per heavy atom. The van der Waals surface area contributed by atoms with Gasteiger partial charge in [0.2, 0.25) is 0 Å². The smallest absolute Gasteiger partial charge is 0.263 e. The fourth-order valence-corrected chi connectivity index (χ4v) is 3.56. The van der Waals surface area contributed by atoms with Crippen molar-refractivity contribution < 1.29 is 18.7 Å². The lowest BCUT2D eigenvalue weighted by Crippen LogP contribution is -2.44. The predicted octanol–water partition coefficient (Wildman–Crippen LogP) is 3.25. The molecule has 168 valence electrons. The lowest BCUT2D eigenvalue weighted by atomic mass is 10.1. The summed E-state index contributed by atoms with van der Waals surface area (Å²) in [7, 11) is 3.11.